The van der Waals surface area contributed by atoms with E-state index in [1.54, 1.807) is 17.0 Å². The predicted molar refractivity (Wildman–Crippen MR) is 151 cm³/mol. The standard InChI is InChI=1S/C27H35N5O3.2ClH/c1-4-28-11-12-29-26(34)17-31(24-14-23-20(13-19(24)2)9-10-25(23)33)18-27(35)30(3)32-15-21-7-5-6-8-22(21)16-32;;/h5-8,13-14,28H,4,9-12,15-18H2,1-3H3,(H,29,34);2*1H. The molecule has 0 spiro atoms. The number of benzene rings is 2. The number of hydrogen-bond donors (Lipinski definition) is 2. The van der Waals surface area contributed by atoms with Crippen LogP contribution >= 0.6 is 24.8 Å². The Morgan fingerprint density at radius 1 is 0.973 bits per heavy atom. The molecule has 0 aromatic heterocycles. The van der Waals surface area contributed by atoms with Gasteiger partial charge in [-0.05, 0) is 48.2 Å². The van der Waals surface area contributed by atoms with Gasteiger partial charge in [0, 0.05) is 50.9 Å². The van der Waals surface area contributed by atoms with Gasteiger partial charge in [0.1, 0.15) is 0 Å². The van der Waals surface area contributed by atoms with Crippen LogP contribution in [0, 0.1) is 6.92 Å². The van der Waals surface area contributed by atoms with Crippen molar-refractivity contribution in [3.05, 3.63) is 64.2 Å². The van der Waals surface area contributed by atoms with E-state index in [9.17, 15) is 14.4 Å². The molecule has 0 atom stereocenters. The van der Waals surface area contributed by atoms with E-state index in [0.717, 1.165) is 29.8 Å². The Hall–Kier alpha value is -2.65. The summed E-state index contributed by atoms with van der Waals surface area (Å²) in [6, 6.07) is 12.1. The molecule has 0 saturated carbocycles. The molecule has 2 aromatic carbocycles. The summed E-state index contributed by atoms with van der Waals surface area (Å²) >= 11 is 0. The molecule has 1 aliphatic carbocycles. The molecule has 0 radical (unpaired) electrons. The molecule has 0 unspecified atom stereocenters. The molecule has 1 heterocycles. The number of hydrazine groups is 1. The summed E-state index contributed by atoms with van der Waals surface area (Å²) in [6.45, 7) is 7.46. The summed E-state index contributed by atoms with van der Waals surface area (Å²) in [5.74, 6) is -0.141. The number of hydrogen-bond acceptors (Lipinski definition) is 6. The van der Waals surface area contributed by atoms with Crippen molar-refractivity contribution < 1.29 is 14.4 Å². The SMILES string of the molecule is CCNCCNC(=O)CN(CC(=O)N(C)N1Cc2ccccc2C1)c1cc2c(cc1C)CCC2=O.Cl.Cl. The molecular formula is C27H37Cl2N5O3. The van der Waals surface area contributed by atoms with E-state index in [4.69, 9.17) is 0 Å². The third kappa shape index (κ3) is 7.23. The Morgan fingerprint density at radius 2 is 1.65 bits per heavy atom. The first-order valence-corrected chi connectivity index (χ1v) is 12.3. The molecule has 0 fully saturated rings. The highest BCUT2D eigenvalue weighted by atomic mass is 35.5. The van der Waals surface area contributed by atoms with E-state index in [2.05, 4.69) is 22.8 Å². The van der Waals surface area contributed by atoms with E-state index in [1.807, 2.05) is 43.1 Å². The number of amides is 2. The van der Waals surface area contributed by atoms with E-state index in [-0.39, 0.29) is 55.5 Å². The van der Waals surface area contributed by atoms with Crippen molar-refractivity contribution in [2.75, 3.05) is 44.7 Å². The van der Waals surface area contributed by atoms with Gasteiger partial charge in [-0.1, -0.05) is 37.3 Å². The van der Waals surface area contributed by atoms with Crippen molar-refractivity contribution in [1.29, 1.82) is 0 Å². The van der Waals surface area contributed by atoms with Gasteiger partial charge in [0.15, 0.2) is 5.78 Å². The largest absolute Gasteiger partial charge is 0.353 e. The monoisotopic (exact) mass is 549 g/mol. The molecule has 8 nitrogen and oxygen atoms in total. The zero-order valence-corrected chi connectivity index (χ0v) is 23.3. The number of likely N-dealkylation sites (N-methyl/N-ethyl adjacent to an activating group) is 2. The number of halogens is 2. The molecular weight excluding hydrogens is 513 g/mol. The minimum atomic E-state index is -0.154. The number of aryl methyl sites for hydroxylation is 2. The number of ketones is 1. The van der Waals surface area contributed by atoms with Crippen LogP contribution in [0.5, 0.6) is 0 Å². The highest BCUT2D eigenvalue weighted by molar-refractivity contribution is 6.01. The quantitative estimate of drug-likeness (QED) is 0.443. The maximum Gasteiger partial charge on any atom is 0.256 e. The van der Waals surface area contributed by atoms with Gasteiger partial charge in [-0.15, -0.1) is 24.8 Å². The van der Waals surface area contributed by atoms with E-state index < -0.39 is 0 Å². The van der Waals surface area contributed by atoms with Gasteiger partial charge >= 0.3 is 0 Å². The zero-order chi connectivity index (χ0) is 24.9. The molecule has 2 amide bonds. The molecule has 2 N–H and O–H groups in total. The first-order valence-electron chi connectivity index (χ1n) is 12.3. The van der Waals surface area contributed by atoms with Gasteiger partial charge in [-0.3, -0.25) is 19.4 Å². The topological polar surface area (TPSA) is 85.0 Å². The lowest BCUT2D eigenvalue weighted by Gasteiger charge is -2.32. The minimum absolute atomic E-state index is 0. The van der Waals surface area contributed by atoms with Crippen LogP contribution in [-0.4, -0.2) is 67.4 Å². The molecule has 2 aromatic rings. The van der Waals surface area contributed by atoms with Crippen molar-refractivity contribution >= 4 is 48.1 Å². The van der Waals surface area contributed by atoms with Crippen LogP contribution in [0.1, 0.15) is 46.0 Å². The third-order valence-electron chi connectivity index (χ3n) is 6.83. The van der Waals surface area contributed by atoms with Gasteiger partial charge in [-0.25, -0.2) is 5.01 Å². The fourth-order valence-corrected chi connectivity index (χ4v) is 4.82. The fourth-order valence-electron chi connectivity index (χ4n) is 4.82. The Morgan fingerprint density at radius 3 is 2.30 bits per heavy atom. The summed E-state index contributed by atoms with van der Waals surface area (Å²) in [5, 5.41) is 9.78. The Labute approximate surface area is 231 Å². The molecule has 202 valence electrons. The lowest BCUT2D eigenvalue weighted by atomic mass is 10.0. The van der Waals surface area contributed by atoms with Gasteiger partial charge in [0.05, 0.1) is 13.1 Å². The van der Waals surface area contributed by atoms with Crippen LogP contribution in [0.15, 0.2) is 36.4 Å². The molecule has 0 bridgehead atoms. The van der Waals surface area contributed by atoms with Gasteiger partial charge in [0.2, 0.25) is 5.91 Å². The summed E-state index contributed by atoms with van der Waals surface area (Å²) in [5.41, 5.74) is 5.91. The Kier molecular flexibility index (Phi) is 11.4. The minimum Gasteiger partial charge on any atom is -0.353 e. The second-order valence-electron chi connectivity index (χ2n) is 9.29. The molecule has 10 heteroatoms. The number of carbonyl (C=O) groups excluding carboxylic acids is 3. The third-order valence-corrected chi connectivity index (χ3v) is 6.83. The highest BCUT2D eigenvalue weighted by Crippen LogP contribution is 2.31. The van der Waals surface area contributed by atoms with Crippen LogP contribution in [0.25, 0.3) is 0 Å². The predicted octanol–water partition coefficient (Wildman–Crippen LogP) is 2.89. The van der Waals surface area contributed by atoms with Crippen LogP contribution in [0.3, 0.4) is 0 Å². The molecule has 37 heavy (non-hydrogen) atoms. The van der Waals surface area contributed by atoms with Gasteiger partial charge in [0.25, 0.3) is 5.91 Å². The summed E-state index contributed by atoms with van der Waals surface area (Å²) in [6.07, 6.45) is 1.26. The maximum absolute atomic E-state index is 13.4. The van der Waals surface area contributed by atoms with E-state index >= 15 is 0 Å². The first kappa shape index (κ1) is 30.6. The summed E-state index contributed by atoms with van der Waals surface area (Å²) in [7, 11) is 1.78. The normalized spacial score (nSPS) is 13.8. The number of nitrogens with one attached hydrogen (secondary N) is 2. The Bertz CT molecular complexity index is 1100. The van der Waals surface area contributed by atoms with Crippen LogP contribution in [0.4, 0.5) is 5.69 Å². The van der Waals surface area contributed by atoms with E-state index in [1.165, 1.54) is 11.1 Å². The average Bonchev–Trinajstić information content (AvgIpc) is 3.43. The van der Waals surface area contributed by atoms with Crippen LogP contribution in [0.2, 0.25) is 0 Å². The highest BCUT2D eigenvalue weighted by Gasteiger charge is 2.28. The number of anilines is 1. The summed E-state index contributed by atoms with van der Waals surface area (Å²) in [4.78, 5) is 40.4. The average molecular weight is 551 g/mol. The maximum atomic E-state index is 13.4. The number of fused-ring (bicyclic) bond motifs is 2. The van der Waals surface area contributed by atoms with E-state index in [0.29, 0.717) is 38.2 Å². The van der Waals surface area contributed by atoms with Crippen LogP contribution in [-0.2, 0) is 29.1 Å². The molecule has 1 aliphatic heterocycles. The van der Waals surface area contributed by atoms with Crippen molar-refractivity contribution in [1.82, 2.24) is 20.7 Å². The lowest BCUT2D eigenvalue weighted by Crippen LogP contribution is -2.48. The second-order valence-corrected chi connectivity index (χ2v) is 9.29. The van der Waals surface area contributed by atoms with Crippen LogP contribution < -0.4 is 15.5 Å². The molecule has 0 saturated heterocycles. The van der Waals surface area contributed by atoms with Crippen molar-refractivity contribution in [3.63, 3.8) is 0 Å². The van der Waals surface area contributed by atoms with Crippen molar-refractivity contribution in [2.45, 2.75) is 39.8 Å². The Balaban J connectivity index is 0.00000241. The first-order chi connectivity index (χ1) is 16.9. The number of rotatable bonds is 10. The summed E-state index contributed by atoms with van der Waals surface area (Å²) < 4.78 is 0. The van der Waals surface area contributed by atoms with Gasteiger partial charge < -0.3 is 15.5 Å². The number of nitrogens with zero attached hydrogens (tertiary/aromatic N) is 3. The smallest absolute Gasteiger partial charge is 0.256 e. The van der Waals surface area contributed by atoms with Gasteiger partial charge in [-0.2, -0.15) is 0 Å². The number of Topliss-reactive ketones (excluding diaryl/α,β-unsaturated/α-hetero) is 1. The zero-order valence-electron chi connectivity index (χ0n) is 21.7. The lowest BCUT2D eigenvalue weighted by molar-refractivity contribution is -0.145. The second kappa shape index (κ2) is 13.8. The molecule has 4 rings (SSSR count). The number of carbonyl (C=O) groups is 3. The van der Waals surface area contributed by atoms with Crippen molar-refractivity contribution in [2.24, 2.45) is 0 Å². The molecule has 2 aliphatic rings. The van der Waals surface area contributed by atoms with Crippen molar-refractivity contribution in [3.8, 4) is 0 Å². The fraction of sp³-hybridized carbons (Fsp3) is 0.444.